The molecule has 2 heterocycles. The second-order valence-corrected chi connectivity index (χ2v) is 10.1. The summed E-state index contributed by atoms with van der Waals surface area (Å²) in [5, 5.41) is 0.714. The van der Waals surface area contributed by atoms with Crippen molar-refractivity contribution >= 4 is 17.5 Å². The highest BCUT2D eigenvalue weighted by Crippen LogP contribution is 2.46. The first-order valence-electron chi connectivity index (χ1n) is 12.3. The van der Waals surface area contributed by atoms with E-state index in [1.54, 1.807) is 0 Å². The minimum atomic E-state index is -0.672. The van der Waals surface area contributed by atoms with Crippen LogP contribution >= 0.6 is 11.6 Å². The number of halogens is 3. The molecule has 7 heteroatoms. The Morgan fingerprint density at radius 3 is 2.14 bits per heavy atom. The summed E-state index contributed by atoms with van der Waals surface area (Å²) in [4.78, 5) is 4.45. The molecule has 3 aliphatic rings. The summed E-state index contributed by atoms with van der Waals surface area (Å²) in [7, 11) is 0. The largest absolute Gasteiger partial charge is 0.475 e. The van der Waals surface area contributed by atoms with Gasteiger partial charge in [0.1, 0.15) is 36.0 Å². The Bertz CT molecular complexity index is 1250. The van der Waals surface area contributed by atoms with E-state index in [2.05, 4.69) is 17.1 Å². The number of aliphatic imine (C=N–C) groups is 1. The summed E-state index contributed by atoms with van der Waals surface area (Å²) in [5.74, 6) is -1.40. The fourth-order valence-corrected chi connectivity index (χ4v) is 5.55. The molecule has 2 fully saturated rings. The highest BCUT2D eigenvalue weighted by Gasteiger charge is 2.44. The summed E-state index contributed by atoms with van der Waals surface area (Å²) in [6.07, 6.45) is 3.60. The van der Waals surface area contributed by atoms with Crippen molar-refractivity contribution in [2.24, 2.45) is 4.99 Å². The van der Waals surface area contributed by atoms with Crippen LogP contribution in [0.3, 0.4) is 0 Å². The van der Waals surface area contributed by atoms with E-state index < -0.39 is 17.4 Å². The molecule has 3 aromatic rings. The van der Waals surface area contributed by atoms with E-state index in [1.165, 1.54) is 23.8 Å². The van der Waals surface area contributed by atoms with E-state index in [-0.39, 0.29) is 30.2 Å². The van der Waals surface area contributed by atoms with Gasteiger partial charge in [0.2, 0.25) is 5.90 Å². The fourth-order valence-electron chi connectivity index (χ4n) is 5.42. The molecule has 3 aromatic carbocycles. The zero-order valence-corrected chi connectivity index (χ0v) is 20.4. The highest BCUT2D eigenvalue weighted by molar-refractivity contribution is 6.30. The molecule has 1 aliphatic carbocycles. The normalized spacial score (nSPS) is 27.8. The van der Waals surface area contributed by atoms with Gasteiger partial charge in [-0.05, 0) is 59.7 Å². The molecule has 4 nitrogen and oxygen atoms in total. The molecule has 2 unspecified atom stereocenters. The first-order chi connectivity index (χ1) is 17.5. The zero-order chi connectivity index (χ0) is 24.7. The first kappa shape index (κ1) is 23.6. The minimum Gasteiger partial charge on any atom is -0.475 e. The third kappa shape index (κ3) is 4.54. The van der Waals surface area contributed by atoms with Gasteiger partial charge in [-0.2, -0.15) is 0 Å². The van der Waals surface area contributed by atoms with Crippen LogP contribution in [0.1, 0.15) is 66.0 Å². The SMILES string of the molecule is Fc1cccc(F)c1C1=NC(c2ccc(C3CCC4(CC3)OCC(c3ccc(Cl)cc3)O4)cc2)CO1. The lowest BCUT2D eigenvalue weighted by atomic mass is 9.80. The van der Waals surface area contributed by atoms with Crippen LogP contribution in [0.25, 0.3) is 0 Å². The van der Waals surface area contributed by atoms with Crippen molar-refractivity contribution in [3.63, 3.8) is 0 Å². The lowest BCUT2D eigenvalue weighted by Crippen LogP contribution is -2.34. The average Bonchev–Trinajstić information content (AvgIpc) is 3.53. The van der Waals surface area contributed by atoms with Crippen molar-refractivity contribution in [2.75, 3.05) is 13.2 Å². The summed E-state index contributed by atoms with van der Waals surface area (Å²) in [5.41, 5.74) is 3.12. The van der Waals surface area contributed by atoms with Crippen molar-refractivity contribution in [3.05, 3.63) is 106 Å². The van der Waals surface area contributed by atoms with Crippen LogP contribution in [0.5, 0.6) is 0 Å². The highest BCUT2D eigenvalue weighted by atomic mass is 35.5. The van der Waals surface area contributed by atoms with Crippen molar-refractivity contribution in [2.45, 2.75) is 49.5 Å². The molecule has 0 radical (unpaired) electrons. The second kappa shape index (κ2) is 9.58. The fraction of sp³-hybridized carbons (Fsp3) is 0.345. The molecule has 2 aliphatic heterocycles. The first-order valence-corrected chi connectivity index (χ1v) is 12.7. The summed E-state index contributed by atoms with van der Waals surface area (Å²) in [6, 6.07) is 19.6. The Balaban J connectivity index is 1.08. The summed E-state index contributed by atoms with van der Waals surface area (Å²) < 4.78 is 46.3. The number of ether oxygens (including phenoxy) is 3. The van der Waals surface area contributed by atoms with Crippen molar-refractivity contribution in [3.8, 4) is 0 Å². The maximum absolute atomic E-state index is 14.1. The van der Waals surface area contributed by atoms with Crippen LogP contribution < -0.4 is 0 Å². The molecule has 1 spiro atoms. The van der Waals surface area contributed by atoms with E-state index in [9.17, 15) is 8.78 Å². The number of hydrogen-bond acceptors (Lipinski definition) is 4. The van der Waals surface area contributed by atoms with Gasteiger partial charge in [0.15, 0.2) is 5.79 Å². The van der Waals surface area contributed by atoms with Crippen LogP contribution in [-0.4, -0.2) is 24.9 Å². The molecular formula is C29H26ClF2NO3. The lowest BCUT2D eigenvalue weighted by Gasteiger charge is -2.36. The van der Waals surface area contributed by atoms with Crippen LogP contribution in [0.15, 0.2) is 71.7 Å². The maximum atomic E-state index is 14.1. The van der Waals surface area contributed by atoms with E-state index in [1.807, 2.05) is 36.4 Å². The lowest BCUT2D eigenvalue weighted by molar-refractivity contribution is -0.189. The molecule has 0 bridgehead atoms. The van der Waals surface area contributed by atoms with Gasteiger partial charge in [-0.25, -0.2) is 13.8 Å². The number of nitrogens with zero attached hydrogens (tertiary/aromatic N) is 1. The quantitative estimate of drug-likeness (QED) is 0.371. The molecule has 1 saturated carbocycles. The molecule has 0 aromatic heterocycles. The van der Waals surface area contributed by atoms with Gasteiger partial charge in [0, 0.05) is 17.9 Å². The number of hydrogen-bond donors (Lipinski definition) is 0. The second-order valence-electron chi connectivity index (χ2n) is 9.68. The Labute approximate surface area is 213 Å². The van der Waals surface area contributed by atoms with Crippen molar-refractivity contribution in [1.29, 1.82) is 0 Å². The smallest absolute Gasteiger partial charge is 0.222 e. The van der Waals surface area contributed by atoms with E-state index in [0.29, 0.717) is 17.5 Å². The Kier molecular flexibility index (Phi) is 6.28. The Morgan fingerprint density at radius 1 is 0.806 bits per heavy atom. The van der Waals surface area contributed by atoms with Crippen LogP contribution in [-0.2, 0) is 14.2 Å². The number of benzene rings is 3. The van der Waals surface area contributed by atoms with Gasteiger partial charge in [0.25, 0.3) is 0 Å². The van der Waals surface area contributed by atoms with Gasteiger partial charge in [-0.15, -0.1) is 0 Å². The van der Waals surface area contributed by atoms with Gasteiger partial charge in [-0.1, -0.05) is 54.1 Å². The standard InChI is InChI=1S/C29H26ClF2NO3/c30-22-10-8-21(9-11-22)26-17-35-29(36-26)14-12-19(13-15-29)18-4-6-20(7-5-18)25-16-34-28(33-25)27-23(31)2-1-3-24(27)32/h1-11,19,25-26H,12-17H2. The average molecular weight is 510 g/mol. The Hall–Kier alpha value is -2.80. The molecular weight excluding hydrogens is 484 g/mol. The van der Waals surface area contributed by atoms with Gasteiger partial charge in [0.05, 0.1) is 6.61 Å². The van der Waals surface area contributed by atoms with E-state index >= 15 is 0 Å². The topological polar surface area (TPSA) is 40.0 Å². The van der Waals surface area contributed by atoms with E-state index in [0.717, 1.165) is 36.8 Å². The monoisotopic (exact) mass is 509 g/mol. The van der Waals surface area contributed by atoms with Crippen LogP contribution in [0.4, 0.5) is 8.78 Å². The molecule has 2 atom stereocenters. The predicted molar refractivity (Wildman–Crippen MR) is 133 cm³/mol. The molecule has 6 rings (SSSR count). The summed E-state index contributed by atoms with van der Waals surface area (Å²) >= 11 is 6.01. The summed E-state index contributed by atoms with van der Waals surface area (Å²) in [6.45, 7) is 0.821. The van der Waals surface area contributed by atoms with Gasteiger partial charge < -0.3 is 14.2 Å². The van der Waals surface area contributed by atoms with Gasteiger partial charge in [-0.3, -0.25) is 0 Å². The molecule has 186 valence electrons. The number of rotatable bonds is 4. The molecule has 0 amide bonds. The zero-order valence-electron chi connectivity index (χ0n) is 19.6. The minimum absolute atomic E-state index is 0.0192. The Morgan fingerprint density at radius 2 is 1.44 bits per heavy atom. The molecule has 36 heavy (non-hydrogen) atoms. The predicted octanol–water partition coefficient (Wildman–Crippen LogP) is 7.28. The van der Waals surface area contributed by atoms with Crippen LogP contribution in [0.2, 0.25) is 5.02 Å². The van der Waals surface area contributed by atoms with Crippen LogP contribution in [0, 0.1) is 11.6 Å². The molecule has 0 N–H and O–H groups in total. The third-order valence-electron chi connectivity index (χ3n) is 7.46. The van der Waals surface area contributed by atoms with Gasteiger partial charge >= 0.3 is 0 Å². The van der Waals surface area contributed by atoms with E-state index in [4.69, 9.17) is 25.8 Å². The maximum Gasteiger partial charge on any atom is 0.222 e. The van der Waals surface area contributed by atoms with Crippen molar-refractivity contribution in [1.82, 2.24) is 0 Å². The molecule has 1 saturated heterocycles. The van der Waals surface area contributed by atoms with Crippen molar-refractivity contribution < 1.29 is 23.0 Å². The third-order valence-corrected chi connectivity index (χ3v) is 7.72.